The lowest BCUT2D eigenvalue weighted by molar-refractivity contribution is -0.121. The normalized spacial score (nSPS) is 15.6. The number of nitrogens with zero attached hydrogens (tertiary/aromatic N) is 4. The first-order valence-electron chi connectivity index (χ1n) is 13.5. The lowest BCUT2D eigenvalue weighted by Crippen LogP contribution is -2.41. The maximum Gasteiger partial charge on any atom is 0.265 e. The van der Waals surface area contributed by atoms with Crippen LogP contribution < -0.4 is 14.8 Å². The molecule has 212 valence electrons. The Kier molecular flexibility index (Phi) is 7.30. The van der Waals surface area contributed by atoms with E-state index < -0.39 is 15.9 Å². The summed E-state index contributed by atoms with van der Waals surface area (Å²) in [6.45, 7) is 0.533. The third kappa shape index (κ3) is 5.06. The number of carbonyl (C=O) groups is 1. The quantitative estimate of drug-likeness (QED) is 0.247. The molecular weight excluding hydrogens is 572 g/mol. The van der Waals surface area contributed by atoms with Gasteiger partial charge in [0, 0.05) is 54.0 Å². The van der Waals surface area contributed by atoms with Crippen molar-refractivity contribution < 1.29 is 13.2 Å². The maximum atomic E-state index is 13.9. The molecule has 6 rings (SSSR count). The van der Waals surface area contributed by atoms with E-state index in [1.165, 1.54) is 23.9 Å². The topological polar surface area (TPSA) is 92.6 Å². The standard InChI is InChI=1S/C32H27ClN4O4S/c1-35(42(40,41)27-16-10-22-20-24(33)11-9-23(22)21-27)31-28(6-4-17-34-31)29-7-5-19-37(32(29)39)26-14-12-25(13-15-26)36-18-3-2-8-30(36)38/h2-4,6,8-18,20-21,29H,5,7,19H2,1H3. The molecule has 3 heterocycles. The van der Waals surface area contributed by atoms with Crippen LogP contribution in [0, 0.1) is 0 Å². The van der Waals surface area contributed by atoms with Crippen LogP contribution in [0.15, 0.2) is 113 Å². The molecule has 0 saturated carbocycles. The summed E-state index contributed by atoms with van der Waals surface area (Å²) in [4.78, 5) is 32.3. The molecule has 1 aliphatic rings. The number of pyridine rings is 2. The molecule has 1 saturated heterocycles. The fourth-order valence-electron chi connectivity index (χ4n) is 5.43. The van der Waals surface area contributed by atoms with Gasteiger partial charge in [-0.25, -0.2) is 13.4 Å². The van der Waals surface area contributed by atoms with Gasteiger partial charge in [-0.1, -0.05) is 35.9 Å². The average Bonchev–Trinajstić information content (AvgIpc) is 3.01. The van der Waals surface area contributed by atoms with Gasteiger partial charge in [-0.15, -0.1) is 0 Å². The van der Waals surface area contributed by atoms with Gasteiger partial charge in [0.2, 0.25) is 5.91 Å². The van der Waals surface area contributed by atoms with E-state index in [1.54, 1.807) is 83.9 Å². The van der Waals surface area contributed by atoms with Crippen LogP contribution in [0.25, 0.3) is 16.5 Å². The van der Waals surface area contributed by atoms with Crippen LogP contribution >= 0.6 is 11.6 Å². The van der Waals surface area contributed by atoms with Gasteiger partial charge in [0.05, 0.1) is 10.8 Å². The van der Waals surface area contributed by atoms with E-state index in [4.69, 9.17) is 11.6 Å². The SMILES string of the molecule is CN(c1ncccc1C1CCCN(c2ccc(-n3ccccc3=O)cc2)C1=O)S(=O)(=O)c1ccc2cc(Cl)ccc2c1. The summed E-state index contributed by atoms with van der Waals surface area (Å²) in [7, 11) is -2.53. The summed E-state index contributed by atoms with van der Waals surface area (Å²) in [5.74, 6) is -0.489. The largest absolute Gasteiger partial charge is 0.312 e. The maximum absolute atomic E-state index is 13.9. The molecule has 5 aromatic rings. The van der Waals surface area contributed by atoms with Gasteiger partial charge in [0.1, 0.15) is 5.82 Å². The average molecular weight is 599 g/mol. The van der Waals surface area contributed by atoms with Gasteiger partial charge in [-0.2, -0.15) is 0 Å². The number of benzene rings is 3. The molecule has 0 bridgehead atoms. The van der Waals surface area contributed by atoms with Crippen molar-refractivity contribution in [3.8, 4) is 5.69 Å². The fourth-order valence-corrected chi connectivity index (χ4v) is 6.82. The third-order valence-corrected chi connectivity index (χ3v) is 9.60. The molecule has 1 atom stereocenters. The number of piperidine rings is 1. The number of anilines is 2. The molecule has 42 heavy (non-hydrogen) atoms. The minimum Gasteiger partial charge on any atom is -0.312 e. The Bertz CT molecular complexity index is 1980. The number of amides is 1. The van der Waals surface area contributed by atoms with Crippen molar-refractivity contribution in [3.05, 3.63) is 124 Å². The van der Waals surface area contributed by atoms with E-state index in [9.17, 15) is 18.0 Å². The van der Waals surface area contributed by atoms with Crippen LogP contribution in [0.5, 0.6) is 0 Å². The van der Waals surface area contributed by atoms with Crippen molar-refractivity contribution in [2.24, 2.45) is 0 Å². The van der Waals surface area contributed by atoms with Crippen molar-refractivity contribution in [3.63, 3.8) is 0 Å². The Morgan fingerprint density at radius 1 is 0.881 bits per heavy atom. The van der Waals surface area contributed by atoms with Gasteiger partial charge in [0.15, 0.2) is 0 Å². The van der Waals surface area contributed by atoms with Crippen LogP contribution in [0.3, 0.4) is 0 Å². The predicted octanol–water partition coefficient (Wildman–Crippen LogP) is 5.77. The summed E-state index contributed by atoms with van der Waals surface area (Å²) in [6, 6.07) is 25.9. The zero-order chi connectivity index (χ0) is 29.4. The molecule has 3 aromatic carbocycles. The number of carbonyl (C=O) groups excluding carboxylic acids is 1. The number of fused-ring (bicyclic) bond motifs is 1. The summed E-state index contributed by atoms with van der Waals surface area (Å²) in [6.07, 6.45) is 4.52. The highest BCUT2D eigenvalue weighted by molar-refractivity contribution is 7.92. The first-order chi connectivity index (χ1) is 20.2. The molecule has 1 fully saturated rings. The van der Waals surface area contributed by atoms with Crippen LogP contribution in [0.2, 0.25) is 5.02 Å². The van der Waals surface area contributed by atoms with E-state index in [-0.39, 0.29) is 22.2 Å². The number of halogens is 1. The van der Waals surface area contributed by atoms with Crippen molar-refractivity contribution in [2.45, 2.75) is 23.7 Å². The van der Waals surface area contributed by atoms with Crippen LogP contribution in [0.1, 0.15) is 24.3 Å². The molecule has 10 heteroatoms. The highest BCUT2D eigenvalue weighted by atomic mass is 35.5. The van der Waals surface area contributed by atoms with Gasteiger partial charge in [0.25, 0.3) is 15.6 Å². The first-order valence-corrected chi connectivity index (χ1v) is 15.3. The van der Waals surface area contributed by atoms with Crippen molar-refractivity contribution >= 4 is 49.8 Å². The lowest BCUT2D eigenvalue weighted by Gasteiger charge is -2.34. The van der Waals surface area contributed by atoms with Crippen molar-refractivity contribution in [2.75, 3.05) is 22.8 Å². The summed E-state index contributed by atoms with van der Waals surface area (Å²) >= 11 is 6.09. The molecule has 0 N–H and O–H groups in total. The van der Waals surface area contributed by atoms with Crippen LogP contribution in [-0.4, -0.2) is 37.5 Å². The van der Waals surface area contributed by atoms with Gasteiger partial charge in [-0.05, 0) is 84.3 Å². The minimum atomic E-state index is -3.99. The Labute approximate surface area is 248 Å². The minimum absolute atomic E-state index is 0.116. The molecule has 0 radical (unpaired) electrons. The Balaban J connectivity index is 1.30. The Hall–Kier alpha value is -4.47. The van der Waals surface area contributed by atoms with E-state index >= 15 is 0 Å². The number of hydrogen-bond donors (Lipinski definition) is 0. The molecular formula is C32H27ClN4O4S. The fraction of sp³-hybridized carbons (Fsp3) is 0.156. The number of rotatable bonds is 6. The van der Waals surface area contributed by atoms with Gasteiger partial charge >= 0.3 is 0 Å². The number of sulfonamides is 1. The summed E-state index contributed by atoms with van der Waals surface area (Å²) in [5.41, 5.74) is 1.82. The smallest absolute Gasteiger partial charge is 0.265 e. The van der Waals surface area contributed by atoms with E-state index in [1.807, 2.05) is 12.1 Å². The van der Waals surface area contributed by atoms with Crippen LogP contribution in [-0.2, 0) is 14.8 Å². The van der Waals surface area contributed by atoms with Crippen LogP contribution in [0.4, 0.5) is 11.5 Å². The molecule has 0 spiro atoms. The first kappa shape index (κ1) is 27.7. The summed E-state index contributed by atoms with van der Waals surface area (Å²) in [5, 5.41) is 2.15. The summed E-state index contributed by atoms with van der Waals surface area (Å²) < 4.78 is 30.2. The highest BCUT2D eigenvalue weighted by Gasteiger charge is 2.35. The Morgan fingerprint density at radius 3 is 2.40 bits per heavy atom. The second-order valence-corrected chi connectivity index (χ2v) is 12.6. The zero-order valence-corrected chi connectivity index (χ0v) is 24.3. The monoisotopic (exact) mass is 598 g/mol. The number of aromatic nitrogens is 2. The second kappa shape index (κ2) is 11.1. The second-order valence-electron chi connectivity index (χ2n) is 10.2. The van der Waals surface area contributed by atoms with E-state index in [2.05, 4.69) is 4.98 Å². The molecule has 1 aliphatic heterocycles. The molecule has 8 nitrogen and oxygen atoms in total. The zero-order valence-electron chi connectivity index (χ0n) is 22.7. The molecule has 0 aliphatic carbocycles. The van der Waals surface area contributed by atoms with Crippen molar-refractivity contribution in [1.82, 2.24) is 9.55 Å². The lowest BCUT2D eigenvalue weighted by atomic mass is 9.89. The number of hydrogen-bond acceptors (Lipinski definition) is 5. The van der Waals surface area contributed by atoms with Gasteiger partial charge < -0.3 is 4.90 Å². The molecule has 1 amide bonds. The molecule has 1 unspecified atom stereocenters. The van der Waals surface area contributed by atoms with Gasteiger partial charge in [-0.3, -0.25) is 18.5 Å². The molecule has 2 aromatic heterocycles. The third-order valence-electron chi connectivity index (χ3n) is 7.62. The highest BCUT2D eigenvalue weighted by Crippen LogP contribution is 2.37. The predicted molar refractivity (Wildman–Crippen MR) is 165 cm³/mol. The van der Waals surface area contributed by atoms with Crippen molar-refractivity contribution in [1.29, 1.82) is 0 Å². The Morgan fingerprint density at radius 2 is 1.62 bits per heavy atom. The van der Waals surface area contributed by atoms with E-state index in [0.29, 0.717) is 34.9 Å². The van der Waals surface area contributed by atoms with E-state index in [0.717, 1.165) is 21.5 Å².